The molecule has 0 saturated carbocycles. The lowest BCUT2D eigenvalue weighted by molar-refractivity contribution is 0.0342. The number of amidine groups is 1. The van der Waals surface area contributed by atoms with E-state index in [9.17, 15) is 0 Å². The van der Waals surface area contributed by atoms with E-state index in [-0.39, 0.29) is 0 Å². The summed E-state index contributed by atoms with van der Waals surface area (Å²) in [6, 6.07) is 11.9. The zero-order valence-corrected chi connectivity index (χ0v) is 14.9. The van der Waals surface area contributed by atoms with Gasteiger partial charge in [-0.05, 0) is 29.8 Å². The van der Waals surface area contributed by atoms with Gasteiger partial charge in [0.1, 0.15) is 5.71 Å². The van der Waals surface area contributed by atoms with Crippen molar-refractivity contribution in [2.24, 2.45) is 21.0 Å². The molecule has 1 aromatic carbocycles. The summed E-state index contributed by atoms with van der Waals surface area (Å²) in [4.78, 5) is 6.40. The van der Waals surface area contributed by atoms with Crippen molar-refractivity contribution in [1.29, 1.82) is 0 Å². The van der Waals surface area contributed by atoms with Gasteiger partial charge in [0.2, 0.25) is 0 Å². The summed E-state index contributed by atoms with van der Waals surface area (Å²) < 4.78 is 5.39. The SMILES string of the molecule is NC1=NN=C(c2ccncc2)C1=NNc1ccc(CN2CCOCC2)cc1. The van der Waals surface area contributed by atoms with Crippen LogP contribution in [0.15, 0.2) is 64.1 Å². The van der Waals surface area contributed by atoms with Gasteiger partial charge in [0.25, 0.3) is 0 Å². The Morgan fingerprint density at radius 2 is 1.78 bits per heavy atom. The van der Waals surface area contributed by atoms with Gasteiger partial charge >= 0.3 is 0 Å². The lowest BCUT2D eigenvalue weighted by Crippen LogP contribution is -2.35. The molecule has 2 aromatic rings. The van der Waals surface area contributed by atoms with Gasteiger partial charge in [-0.3, -0.25) is 15.3 Å². The predicted molar refractivity (Wildman–Crippen MR) is 106 cm³/mol. The topological polar surface area (TPSA) is 100 Å². The largest absolute Gasteiger partial charge is 0.380 e. The van der Waals surface area contributed by atoms with E-state index in [4.69, 9.17) is 10.5 Å². The molecule has 0 radical (unpaired) electrons. The standard InChI is InChI=1S/C19H21N7O/c20-19-18(17(23-25-19)15-5-7-21-8-6-15)24-22-16-3-1-14(2-4-16)13-26-9-11-27-12-10-26/h1-8,22H,9-13H2,(H2,20,24,25). The number of ether oxygens (including phenoxy) is 1. The number of hydrazone groups is 1. The Kier molecular flexibility index (Phi) is 5.17. The van der Waals surface area contributed by atoms with Crippen molar-refractivity contribution < 1.29 is 4.74 Å². The number of nitrogens with one attached hydrogen (secondary N) is 1. The fourth-order valence-electron chi connectivity index (χ4n) is 2.96. The van der Waals surface area contributed by atoms with Crippen molar-refractivity contribution in [2.75, 3.05) is 31.7 Å². The average Bonchev–Trinajstić information content (AvgIpc) is 3.09. The number of rotatable bonds is 5. The molecule has 1 saturated heterocycles. The Morgan fingerprint density at radius 1 is 1.04 bits per heavy atom. The van der Waals surface area contributed by atoms with E-state index in [1.807, 2.05) is 24.3 Å². The van der Waals surface area contributed by atoms with Crippen LogP contribution >= 0.6 is 0 Å². The minimum Gasteiger partial charge on any atom is -0.380 e. The van der Waals surface area contributed by atoms with Crippen molar-refractivity contribution in [1.82, 2.24) is 9.88 Å². The first-order valence-corrected chi connectivity index (χ1v) is 8.84. The molecule has 0 amide bonds. The lowest BCUT2D eigenvalue weighted by atomic mass is 10.1. The molecule has 4 rings (SSSR count). The number of aromatic nitrogens is 1. The highest BCUT2D eigenvalue weighted by Crippen LogP contribution is 2.14. The van der Waals surface area contributed by atoms with Crippen LogP contribution in [0, 0.1) is 0 Å². The molecule has 8 heteroatoms. The summed E-state index contributed by atoms with van der Waals surface area (Å²) >= 11 is 0. The third kappa shape index (κ3) is 4.18. The van der Waals surface area contributed by atoms with Crippen molar-refractivity contribution in [3.8, 4) is 0 Å². The number of nitrogens with zero attached hydrogens (tertiary/aromatic N) is 5. The average molecular weight is 363 g/mol. The molecule has 1 aromatic heterocycles. The molecule has 0 spiro atoms. The monoisotopic (exact) mass is 363 g/mol. The molecule has 0 atom stereocenters. The quantitative estimate of drug-likeness (QED) is 0.783. The molecule has 27 heavy (non-hydrogen) atoms. The first kappa shape index (κ1) is 17.3. The van der Waals surface area contributed by atoms with E-state index in [0.29, 0.717) is 17.3 Å². The van der Waals surface area contributed by atoms with Gasteiger partial charge in [-0.25, -0.2) is 0 Å². The molecule has 8 nitrogen and oxygen atoms in total. The summed E-state index contributed by atoms with van der Waals surface area (Å²) in [6.07, 6.45) is 3.40. The van der Waals surface area contributed by atoms with Crippen LogP contribution in [0.1, 0.15) is 11.1 Å². The molecular weight excluding hydrogens is 342 g/mol. The van der Waals surface area contributed by atoms with Gasteiger partial charge in [-0.2, -0.15) is 5.10 Å². The van der Waals surface area contributed by atoms with Crippen molar-refractivity contribution in [2.45, 2.75) is 6.54 Å². The molecule has 3 N–H and O–H groups in total. The maximum Gasteiger partial charge on any atom is 0.176 e. The first-order valence-electron chi connectivity index (χ1n) is 8.84. The minimum atomic E-state index is 0.290. The molecule has 138 valence electrons. The maximum atomic E-state index is 5.93. The number of benzene rings is 1. The Labute approximate surface area is 157 Å². The highest BCUT2D eigenvalue weighted by atomic mass is 16.5. The predicted octanol–water partition coefficient (Wildman–Crippen LogP) is 1.46. The number of pyridine rings is 1. The van der Waals surface area contributed by atoms with Crippen LogP contribution in [-0.4, -0.2) is 53.4 Å². The second-order valence-electron chi connectivity index (χ2n) is 6.33. The van der Waals surface area contributed by atoms with Crippen LogP contribution in [0.2, 0.25) is 0 Å². The Balaban J connectivity index is 1.42. The van der Waals surface area contributed by atoms with Gasteiger partial charge < -0.3 is 10.5 Å². The van der Waals surface area contributed by atoms with E-state index in [1.54, 1.807) is 12.4 Å². The highest BCUT2D eigenvalue weighted by molar-refractivity contribution is 6.72. The molecule has 1 fully saturated rings. The molecule has 2 aliphatic rings. The number of morpholine rings is 1. The summed E-state index contributed by atoms with van der Waals surface area (Å²) in [6.45, 7) is 4.49. The van der Waals surface area contributed by atoms with Gasteiger partial charge in [0, 0.05) is 37.6 Å². The van der Waals surface area contributed by atoms with Crippen LogP contribution in [0.5, 0.6) is 0 Å². The Morgan fingerprint density at radius 3 is 2.52 bits per heavy atom. The number of nitrogens with two attached hydrogens (primary N) is 1. The molecule has 0 aliphatic carbocycles. The first-order chi connectivity index (χ1) is 13.3. The van der Waals surface area contributed by atoms with Gasteiger partial charge in [-0.15, -0.1) is 10.2 Å². The van der Waals surface area contributed by atoms with Gasteiger partial charge in [-0.1, -0.05) is 12.1 Å². The van der Waals surface area contributed by atoms with Crippen LogP contribution in [0.3, 0.4) is 0 Å². The number of hydrogen-bond donors (Lipinski definition) is 2. The summed E-state index contributed by atoms with van der Waals surface area (Å²) in [5, 5.41) is 12.5. The Bertz CT molecular complexity index is 869. The maximum absolute atomic E-state index is 5.93. The third-order valence-corrected chi connectivity index (χ3v) is 4.44. The van der Waals surface area contributed by atoms with Gasteiger partial charge in [0.05, 0.1) is 18.9 Å². The van der Waals surface area contributed by atoms with Crippen LogP contribution in [-0.2, 0) is 11.3 Å². The fourth-order valence-corrected chi connectivity index (χ4v) is 2.96. The van der Waals surface area contributed by atoms with E-state index in [0.717, 1.165) is 44.1 Å². The second-order valence-corrected chi connectivity index (χ2v) is 6.33. The number of anilines is 1. The molecule has 3 heterocycles. The van der Waals surface area contributed by atoms with E-state index < -0.39 is 0 Å². The van der Waals surface area contributed by atoms with Crippen LogP contribution < -0.4 is 11.2 Å². The van der Waals surface area contributed by atoms with Gasteiger partial charge in [0.15, 0.2) is 11.5 Å². The minimum absolute atomic E-state index is 0.290. The normalized spacial score (nSPS) is 19.0. The van der Waals surface area contributed by atoms with E-state index >= 15 is 0 Å². The second kappa shape index (κ2) is 8.07. The summed E-state index contributed by atoms with van der Waals surface area (Å²) in [7, 11) is 0. The molecule has 2 aliphatic heterocycles. The zero-order valence-electron chi connectivity index (χ0n) is 14.9. The third-order valence-electron chi connectivity index (χ3n) is 4.44. The van der Waals surface area contributed by atoms with E-state index in [2.05, 4.69) is 42.7 Å². The summed E-state index contributed by atoms with van der Waals surface area (Å²) in [5.41, 5.74) is 13.1. The Hall–Kier alpha value is -3.10. The van der Waals surface area contributed by atoms with Crippen LogP contribution in [0.4, 0.5) is 5.69 Å². The summed E-state index contributed by atoms with van der Waals surface area (Å²) in [5.74, 6) is 0.290. The fraction of sp³-hybridized carbons (Fsp3) is 0.263. The smallest absolute Gasteiger partial charge is 0.176 e. The zero-order chi connectivity index (χ0) is 18.5. The van der Waals surface area contributed by atoms with E-state index in [1.165, 1.54) is 5.56 Å². The van der Waals surface area contributed by atoms with Crippen molar-refractivity contribution in [3.05, 3.63) is 59.9 Å². The molecule has 0 unspecified atom stereocenters. The highest BCUT2D eigenvalue weighted by Gasteiger charge is 2.21. The molecule has 0 bridgehead atoms. The number of hydrogen-bond acceptors (Lipinski definition) is 8. The van der Waals surface area contributed by atoms with Crippen molar-refractivity contribution in [3.63, 3.8) is 0 Å². The lowest BCUT2D eigenvalue weighted by Gasteiger charge is -2.26. The van der Waals surface area contributed by atoms with Crippen molar-refractivity contribution >= 4 is 22.9 Å². The van der Waals surface area contributed by atoms with Crippen LogP contribution in [0.25, 0.3) is 0 Å². The molecular formula is C19H21N7O.